The predicted octanol–water partition coefficient (Wildman–Crippen LogP) is 7.20. The third kappa shape index (κ3) is 10.1. The molecule has 8 heteroatoms. The Balaban J connectivity index is 2.02. The maximum absolute atomic E-state index is 12.9. The van der Waals surface area contributed by atoms with E-state index in [0.717, 1.165) is 30.6 Å². The Hall–Kier alpha value is -3.42. The lowest BCUT2D eigenvalue weighted by atomic mass is 9.88. The molecule has 0 aliphatic rings. The van der Waals surface area contributed by atoms with Crippen molar-refractivity contribution in [1.29, 1.82) is 0 Å². The molecule has 0 spiro atoms. The van der Waals surface area contributed by atoms with Crippen LogP contribution < -0.4 is 24.8 Å². The molecule has 0 aliphatic carbocycles. The van der Waals surface area contributed by atoms with E-state index >= 15 is 0 Å². The van der Waals surface area contributed by atoms with Gasteiger partial charge < -0.3 is 30.0 Å². The largest absolute Gasteiger partial charge is 0.497 e. The molecular weight excluding hydrogens is 484 g/mol. The molecule has 3 N–H and O–H groups in total. The summed E-state index contributed by atoms with van der Waals surface area (Å²) in [4.78, 5) is 24.2. The van der Waals surface area contributed by atoms with Crippen LogP contribution in [-0.4, -0.2) is 37.9 Å². The van der Waals surface area contributed by atoms with Crippen LogP contribution >= 0.6 is 0 Å². The van der Waals surface area contributed by atoms with Crippen molar-refractivity contribution in [3.05, 3.63) is 48.0 Å². The van der Waals surface area contributed by atoms with E-state index in [2.05, 4.69) is 17.6 Å². The topological polar surface area (TPSA) is 106 Å². The first kappa shape index (κ1) is 30.8. The fourth-order valence-electron chi connectivity index (χ4n) is 4.10. The molecule has 0 fully saturated rings. The summed E-state index contributed by atoms with van der Waals surface area (Å²) in [5.74, 6) is 1.08. The highest BCUT2D eigenvalue weighted by atomic mass is 16.5. The number of aliphatic carboxylic acids is 1. The number of unbranched alkanes of at least 4 members (excludes halogenated alkanes) is 4. The summed E-state index contributed by atoms with van der Waals surface area (Å²) in [5, 5.41) is 15.3. The maximum Gasteiger partial charge on any atom is 0.319 e. The molecule has 0 heterocycles. The Bertz CT molecular complexity index is 1010. The Morgan fingerprint density at radius 3 is 2.24 bits per heavy atom. The SMILES string of the molecule is CCCCCCCC(NC(=O)Nc1ccc(OC)cc1OC)c1ccc(OCCCC(C)(C)C(=O)O)cc1. The number of amides is 2. The Morgan fingerprint density at radius 1 is 0.921 bits per heavy atom. The lowest BCUT2D eigenvalue weighted by molar-refractivity contribution is -0.147. The minimum atomic E-state index is -0.801. The first-order chi connectivity index (χ1) is 18.2. The van der Waals surface area contributed by atoms with Gasteiger partial charge in [0.05, 0.1) is 38.0 Å². The summed E-state index contributed by atoms with van der Waals surface area (Å²) in [6.07, 6.45) is 7.72. The van der Waals surface area contributed by atoms with Crippen LogP contribution in [0.4, 0.5) is 10.5 Å². The van der Waals surface area contributed by atoms with Crippen LogP contribution in [0.1, 0.15) is 83.7 Å². The van der Waals surface area contributed by atoms with Gasteiger partial charge in [0.15, 0.2) is 0 Å². The van der Waals surface area contributed by atoms with Crippen molar-refractivity contribution in [3.8, 4) is 17.2 Å². The zero-order valence-corrected chi connectivity index (χ0v) is 23.5. The molecule has 2 aromatic carbocycles. The van der Waals surface area contributed by atoms with Crippen LogP contribution in [0.5, 0.6) is 17.2 Å². The molecule has 0 radical (unpaired) electrons. The van der Waals surface area contributed by atoms with E-state index in [0.29, 0.717) is 36.6 Å². The molecule has 2 aromatic rings. The molecular formula is C30H44N2O6. The Kier molecular flexibility index (Phi) is 12.8. The zero-order chi connectivity index (χ0) is 28.0. The minimum absolute atomic E-state index is 0.161. The van der Waals surface area contributed by atoms with E-state index in [-0.39, 0.29) is 12.1 Å². The second-order valence-corrected chi connectivity index (χ2v) is 10.1. The van der Waals surface area contributed by atoms with E-state index < -0.39 is 11.4 Å². The molecule has 2 rings (SSSR count). The van der Waals surface area contributed by atoms with Gasteiger partial charge in [-0.3, -0.25) is 4.79 Å². The smallest absolute Gasteiger partial charge is 0.319 e. The monoisotopic (exact) mass is 528 g/mol. The maximum atomic E-state index is 12.9. The average molecular weight is 529 g/mol. The molecule has 38 heavy (non-hydrogen) atoms. The lowest BCUT2D eigenvalue weighted by Crippen LogP contribution is -2.32. The molecule has 8 nitrogen and oxygen atoms in total. The first-order valence-corrected chi connectivity index (χ1v) is 13.5. The molecule has 0 aromatic heterocycles. The van der Waals surface area contributed by atoms with Gasteiger partial charge in [-0.25, -0.2) is 4.79 Å². The minimum Gasteiger partial charge on any atom is -0.497 e. The van der Waals surface area contributed by atoms with Crippen LogP contribution in [0.15, 0.2) is 42.5 Å². The van der Waals surface area contributed by atoms with Crippen molar-refractivity contribution >= 4 is 17.7 Å². The number of nitrogens with one attached hydrogen (secondary N) is 2. The third-order valence-electron chi connectivity index (χ3n) is 6.63. The van der Waals surface area contributed by atoms with Gasteiger partial charge >= 0.3 is 12.0 Å². The quantitative estimate of drug-likeness (QED) is 0.188. The molecule has 0 bridgehead atoms. The summed E-state index contributed by atoms with van der Waals surface area (Å²) >= 11 is 0. The second-order valence-electron chi connectivity index (χ2n) is 10.1. The van der Waals surface area contributed by atoms with E-state index in [1.54, 1.807) is 46.3 Å². The number of carboxylic acids is 1. The molecule has 0 saturated carbocycles. The van der Waals surface area contributed by atoms with E-state index in [4.69, 9.17) is 14.2 Å². The van der Waals surface area contributed by atoms with Crippen molar-refractivity contribution in [2.75, 3.05) is 26.1 Å². The zero-order valence-electron chi connectivity index (χ0n) is 23.5. The van der Waals surface area contributed by atoms with Gasteiger partial charge in [0, 0.05) is 6.07 Å². The molecule has 1 atom stereocenters. The standard InChI is InChI=1S/C30H44N2O6/c1-6-7-8-9-10-12-25(31-29(35)32-26-18-17-24(36-4)21-27(26)37-5)22-13-15-23(16-14-22)38-20-11-19-30(2,3)28(33)34/h13-18,21,25H,6-12,19-20H2,1-5H3,(H,33,34)(H2,31,32,35). The number of hydrogen-bond acceptors (Lipinski definition) is 5. The highest BCUT2D eigenvalue weighted by Crippen LogP contribution is 2.30. The summed E-state index contributed by atoms with van der Waals surface area (Å²) in [6.45, 7) is 6.08. The van der Waals surface area contributed by atoms with Gasteiger partial charge in [0.1, 0.15) is 17.2 Å². The number of anilines is 1. The van der Waals surface area contributed by atoms with Gasteiger partial charge in [-0.15, -0.1) is 0 Å². The van der Waals surface area contributed by atoms with Crippen molar-refractivity contribution in [1.82, 2.24) is 5.32 Å². The van der Waals surface area contributed by atoms with E-state index in [9.17, 15) is 14.7 Å². The summed E-state index contributed by atoms with van der Waals surface area (Å²) in [5.41, 5.74) is 0.790. The first-order valence-electron chi connectivity index (χ1n) is 13.5. The summed E-state index contributed by atoms with van der Waals surface area (Å²) in [6, 6.07) is 12.5. The Morgan fingerprint density at radius 2 is 1.61 bits per heavy atom. The van der Waals surface area contributed by atoms with Crippen LogP contribution in [0, 0.1) is 5.41 Å². The average Bonchev–Trinajstić information content (AvgIpc) is 2.90. The number of carbonyl (C=O) groups is 2. The summed E-state index contributed by atoms with van der Waals surface area (Å²) < 4.78 is 16.5. The van der Waals surface area contributed by atoms with Gasteiger partial charge in [-0.05, 0) is 62.9 Å². The highest BCUT2D eigenvalue weighted by molar-refractivity contribution is 5.91. The number of carboxylic acid groups (broad SMARTS) is 1. The number of urea groups is 1. The summed E-state index contributed by atoms with van der Waals surface area (Å²) in [7, 11) is 3.13. The van der Waals surface area contributed by atoms with E-state index in [1.165, 1.54) is 19.3 Å². The number of hydrogen-bond donors (Lipinski definition) is 3. The fraction of sp³-hybridized carbons (Fsp3) is 0.533. The molecule has 2 amide bonds. The normalized spacial score (nSPS) is 11.9. The lowest BCUT2D eigenvalue weighted by Gasteiger charge is -2.21. The number of benzene rings is 2. The van der Waals surface area contributed by atoms with Crippen molar-refractivity contribution in [2.24, 2.45) is 5.41 Å². The van der Waals surface area contributed by atoms with Crippen LogP contribution in [0.3, 0.4) is 0 Å². The van der Waals surface area contributed by atoms with Crippen molar-refractivity contribution in [3.63, 3.8) is 0 Å². The second kappa shape index (κ2) is 15.7. The number of rotatable bonds is 17. The predicted molar refractivity (Wildman–Crippen MR) is 150 cm³/mol. The van der Waals surface area contributed by atoms with Crippen molar-refractivity contribution in [2.45, 2.75) is 78.2 Å². The van der Waals surface area contributed by atoms with Gasteiger partial charge in [-0.2, -0.15) is 0 Å². The number of ether oxygens (including phenoxy) is 3. The van der Waals surface area contributed by atoms with Gasteiger partial charge in [0.25, 0.3) is 0 Å². The third-order valence-corrected chi connectivity index (χ3v) is 6.63. The Labute approximate surface area is 227 Å². The van der Waals surface area contributed by atoms with Gasteiger partial charge in [0.2, 0.25) is 0 Å². The van der Waals surface area contributed by atoms with Crippen LogP contribution in [0.2, 0.25) is 0 Å². The number of carbonyl (C=O) groups excluding carboxylic acids is 1. The van der Waals surface area contributed by atoms with Gasteiger partial charge in [-0.1, -0.05) is 51.2 Å². The van der Waals surface area contributed by atoms with Crippen molar-refractivity contribution < 1.29 is 28.9 Å². The van der Waals surface area contributed by atoms with Crippen LogP contribution in [-0.2, 0) is 4.79 Å². The molecule has 0 aliphatic heterocycles. The molecule has 1 unspecified atom stereocenters. The fourth-order valence-corrected chi connectivity index (χ4v) is 4.10. The number of methoxy groups -OCH3 is 2. The molecule has 210 valence electrons. The molecule has 0 saturated heterocycles. The van der Waals surface area contributed by atoms with Crippen LogP contribution in [0.25, 0.3) is 0 Å². The van der Waals surface area contributed by atoms with E-state index in [1.807, 2.05) is 24.3 Å². The highest BCUT2D eigenvalue weighted by Gasteiger charge is 2.26.